The van der Waals surface area contributed by atoms with Gasteiger partial charge in [0, 0.05) is 28.8 Å². The molecule has 0 spiro atoms. The molecular formula is C25H26N4O3. The predicted molar refractivity (Wildman–Crippen MR) is 123 cm³/mol. The van der Waals surface area contributed by atoms with Crippen LogP contribution in [0.1, 0.15) is 34.3 Å². The quantitative estimate of drug-likeness (QED) is 0.618. The maximum atomic E-state index is 12.3. The molecule has 0 radical (unpaired) electrons. The van der Waals surface area contributed by atoms with Gasteiger partial charge in [-0.05, 0) is 30.7 Å². The van der Waals surface area contributed by atoms with Crippen LogP contribution in [0.2, 0.25) is 0 Å². The maximum Gasteiger partial charge on any atom is 0.338 e. The van der Waals surface area contributed by atoms with E-state index in [2.05, 4.69) is 27.3 Å². The van der Waals surface area contributed by atoms with Crippen molar-refractivity contribution in [3.05, 3.63) is 82.7 Å². The number of hydrogen-bond acceptors (Lipinski definition) is 5. The molecule has 7 nitrogen and oxygen atoms in total. The summed E-state index contributed by atoms with van der Waals surface area (Å²) in [5.41, 5.74) is 5.92. The number of ether oxygens (including phenoxy) is 2. The van der Waals surface area contributed by atoms with Crippen LogP contribution in [0.25, 0.3) is 10.9 Å². The molecule has 0 amide bonds. The van der Waals surface area contributed by atoms with Crippen molar-refractivity contribution >= 4 is 22.7 Å². The zero-order chi connectivity index (χ0) is 22.1. The minimum atomic E-state index is -0.336. The zero-order valence-electron chi connectivity index (χ0n) is 18.2. The summed E-state index contributed by atoms with van der Waals surface area (Å²) in [6.45, 7) is 3.85. The van der Waals surface area contributed by atoms with Crippen molar-refractivity contribution in [3.63, 3.8) is 0 Å². The second-order valence-corrected chi connectivity index (χ2v) is 7.99. The smallest absolute Gasteiger partial charge is 0.338 e. The van der Waals surface area contributed by atoms with Crippen molar-refractivity contribution in [2.75, 3.05) is 20.3 Å². The molecule has 2 aliphatic heterocycles. The van der Waals surface area contributed by atoms with Crippen LogP contribution in [-0.4, -0.2) is 36.7 Å². The van der Waals surface area contributed by atoms with E-state index in [4.69, 9.17) is 14.5 Å². The number of nitrogens with zero attached hydrogens (tertiary/aromatic N) is 2. The monoisotopic (exact) mass is 430 g/mol. The van der Waals surface area contributed by atoms with Crippen molar-refractivity contribution in [2.45, 2.75) is 26.2 Å². The number of aryl methyl sites for hydroxylation is 1. The first kappa shape index (κ1) is 20.3. The van der Waals surface area contributed by atoms with Gasteiger partial charge in [-0.3, -0.25) is 4.99 Å². The lowest BCUT2D eigenvalue weighted by atomic mass is 10.1. The summed E-state index contributed by atoms with van der Waals surface area (Å²) >= 11 is 0. The Kier molecular flexibility index (Phi) is 5.41. The largest absolute Gasteiger partial charge is 0.465 e. The lowest BCUT2D eigenvalue weighted by Gasteiger charge is -2.36. The van der Waals surface area contributed by atoms with E-state index in [9.17, 15) is 4.79 Å². The first-order valence-electron chi connectivity index (χ1n) is 10.8. The van der Waals surface area contributed by atoms with Crippen LogP contribution in [0.5, 0.6) is 0 Å². The van der Waals surface area contributed by atoms with Crippen molar-refractivity contribution < 1.29 is 14.3 Å². The SMILES string of the molecule is COC(=O)c1cccc2c1cc(C)n2C1NC(=NCc2ccccc2)C2=C(CCOC2)N1. The topological polar surface area (TPSA) is 76.9 Å². The van der Waals surface area contributed by atoms with Crippen LogP contribution in [0.15, 0.2) is 70.9 Å². The minimum absolute atomic E-state index is 0.230. The van der Waals surface area contributed by atoms with Crippen molar-refractivity contribution in [3.8, 4) is 0 Å². The molecule has 1 aromatic heterocycles. The van der Waals surface area contributed by atoms with Gasteiger partial charge >= 0.3 is 5.97 Å². The Morgan fingerprint density at radius 2 is 2.03 bits per heavy atom. The average molecular weight is 431 g/mol. The molecule has 32 heavy (non-hydrogen) atoms. The number of methoxy groups -OCH3 is 1. The number of carbonyl (C=O) groups is 1. The molecule has 0 bridgehead atoms. The Hall–Kier alpha value is -3.58. The highest BCUT2D eigenvalue weighted by Gasteiger charge is 2.29. The molecule has 0 fully saturated rings. The molecular weight excluding hydrogens is 404 g/mol. The molecule has 5 rings (SSSR count). The number of hydrogen-bond donors (Lipinski definition) is 2. The zero-order valence-corrected chi connectivity index (χ0v) is 18.2. The molecule has 164 valence electrons. The van der Waals surface area contributed by atoms with Gasteiger partial charge in [0.15, 0.2) is 6.29 Å². The summed E-state index contributed by atoms with van der Waals surface area (Å²) in [5, 5.41) is 8.08. The van der Waals surface area contributed by atoms with E-state index in [1.807, 2.05) is 43.3 Å². The number of aliphatic imine (C=N–C) groups is 1. The van der Waals surface area contributed by atoms with Crippen LogP contribution in [0.4, 0.5) is 0 Å². The van der Waals surface area contributed by atoms with E-state index >= 15 is 0 Å². The third kappa shape index (κ3) is 3.65. The van der Waals surface area contributed by atoms with E-state index in [0.717, 1.165) is 45.7 Å². The number of benzene rings is 2. The molecule has 0 saturated carbocycles. The predicted octanol–water partition coefficient (Wildman–Crippen LogP) is 3.66. The van der Waals surface area contributed by atoms with Crippen LogP contribution in [0, 0.1) is 6.92 Å². The van der Waals surface area contributed by atoms with Crippen LogP contribution < -0.4 is 10.6 Å². The lowest BCUT2D eigenvalue weighted by Crippen LogP contribution is -2.49. The fourth-order valence-corrected chi connectivity index (χ4v) is 4.41. The third-order valence-corrected chi connectivity index (χ3v) is 5.98. The number of aromatic nitrogens is 1. The fraction of sp³-hybridized carbons (Fsp3) is 0.280. The Morgan fingerprint density at radius 3 is 2.84 bits per heavy atom. The molecule has 3 aromatic rings. The number of rotatable bonds is 4. The highest BCUT2D eigenvalue weighted by molar-refractivity contribution is 6.04. The number of nitrogens with one attached hydrogen (secondary N) is 2. The average Bonchev–Trinajstić information content (AvgIpc) is 3.18. The Morgan fingerprint density at radius 1 is 1.19 bits per heavy atom. The molecule has 0 saturated heterocycles. The van der Waals surface area contributed by atoms with E-state index < -0.39 is 0 Å². The minimum Gasteiger partial charge on any atom is -0.465 e. The second kappa shape index (κ2) is 8.51. The maximum absolute atomic E-state index is 12.3. The first-order valence-corrected chi connectivity index (χ1v) is 10.8. The summed E-state index contributed by atoms with van der Waals surface area (Å²) in [5.74, 6) is 0.509. The van der Waals surface area contributed by atoms with E-state index in [1.54, 1.807) is 6.07 Å². The summed E-state index contributed by atoms with van der Waals surface area (Å²) in [6, 6.07) is 17.9. The van der Waals surface area contributed by atoms with Crippen LogP contribution in [0.3, 0.4) is 0 Å². The Labute approximate surface area is 186 Å². The van der Waals surface area contributed by atoms with E-state index in [-0.39, 0.29) is 12.3 Å². The van der Waals surface area contributed by atoms with Gasteiger partial charge in [0.25, 0.3) is 0 Å². The second-order valence-electron chi connectivity index (χ2n) is 7.99. The van der Waals surface area contributed by atoms with Gasteiger partial charge in [-0.1, -0.05) is 36.4 Å². The summed E-state index contributed by atoms with van der Waals surface area (Å²) < 4.78 is 12.9. The van der Waals surface area contributed by atoms with Gasteiger partial charge in [0.1, 0.15) is 5.84 Å². The molecule has 3 heterocycles. The molecule has 2 aliphatic rings. The molecule has 2 aromatic carbocycles. The lowest BCUT2D eigenvalue weighted by molar-refractivity contribution is 0.0603. The molecule has 1 atom stereocenters. The van der Waals surface area contributed by atoms with Crippen molar-refractivity contribution in [2.24, 2.45) is 4.99 Å². The summed E-state index contributed by atoms with van der Waals surface area (Å²) in [7, 11) is 1.41. The fourth-order valence-electron chi connectivity index (χ4n) is 4.41. The summed E-state index contributed by atoms with van der Waals surface area (Å²) in [4.78, 5) is 17.2. The number of amidine groups is 1. The van der Waals surface area contributed by atoms with Crippen LogP contribution >= 0.6 is 0 Å². The highest BCUT2D eigenvalue weighted by Crippen LogP contribution is 2.29. The molecule has 7 heteroatoms. The highest BCUT2D eigenvalue weighted by atomic mass is 16.5. The Balaban J connectivity index is 1.55. The van der Waals surface area contributed by atoms with E-state index in [0.29, 0.717) is 25.3 Å². The Bertz CT molecular complexity index is 1230. The van der Waals surface area contributed by atoms with Gasteiger partial charge < -0.3 is 24.7 Å². The molecule has 0 aliphatic carbocycles. The van der Waals surface area contributed by atoms with Crippen molar-refractivity contribution in [1.82, 2.24) is 15.2 Å². The molecule has 1 unspecified atom stereocenters. The van der Waals surface area contributed by atoms with Gasteiger partial charge in [0.05, 0.1) is 37.9 Å². The van der Waals surface area contributed by atoms with Gasteiger partial charge in [-0.15, -0.1) is 0 Å². The third-order valence-electron chi connectivity index (χ3n) is 5.98. The van der Waals surface area contributed by atoms with Gasteiger partial charge in [-0.25, -0.2) is 4.79 Å². The number of carbonyl (C=O) groups excluding carboxylic acids is 1. The summed E-state index contributed by atoms with van der Waals surface area (Å²) in [6.07, 6.45) is 0.579. The number of fused-ring (bicyclic) bond motifs is 1. The van der Waals surface area contributed by atoms with Crippen LogP contribution in [-0.2, 0) is 16.0 Å². The van der Waals surface area contributed by atoms with Gasteiger partial charge in [0.2, 0.25) is 0 Å². The number of esters is 1. The first-order chi connectivity index (χ1) is 15.7. The van der Waals surface area contributed by atoms with E-state index in [1.165, 1.54) is 7.11 Å². The molecule has 2 N–H and O–H groups in total. The van der Waals surface area contributed by atoms with Gasteiger partial charge in [-0.2, -0.15) is 0 Å². The standard InChI is InChI=1S/C25H26N4O3/c1-16-13-19-18(24(30)31-2)9-6-10-22(19)29(16)25-27-21-11-12-32-15-20(21)23(28-25)26-14-17-7-4-3-5-8-17/h3-10,13,25,27H,11-12,14-15H2,1-2H3,(H,26,28). The normalized spacial score (nSPS) is 19.4. The van der Waals surface area contributed by atoms with Crippen molar-refractivity contribution in [1.29, 1.82) is 0 Å².